The lowest BCUT2D eigenvalue weighted by Crippen LogP contribution is -2.85. The van der Waals surface area contributed by atoms with Crippen LogP contribution < -0.4 is 10.9 Å². The van der Waals surface area contributed by atoms with Gasteiger partial charge in [-0.25, -0.2) is 4.98 Å². The van der Waals surface area contributed by atoms with Crippen molar-refractivity contribution < 1.29 is 9.73 Å². The van der Waals surface area contributed by atoms with Crippen LogP contribution in [0.5, 0.6) is 0 Å². The van der Waals surface area contributed by atoms with E-state index in [-0.39, 0.29) is 11.6 Å². The number of nitrogens with two attached hydrogens (primary N) is 1. The molecule has 4 rings (SSSR count). The zero-order chi connectivity index (χ0) is 17.4. The molecule has 3 heterocycles. The van der Waals surface area contributed by atoms with Gasteiger partial charge in [0, 0.05) is 4.88 Å². The highest BCUT2D eigenvalue weighted by molar-refractivity contribution is 7.18. The number of aromatic nitrogens is 2. The van der Waals surface area contributed by atoms with Crippen molar-refractivity contribution >= 4 is 21.6 Å². The van der Waals surface area contributed by atoms with Crippen molar-refractivity contribution in [1.29, 1.82) is 0 Å². The SMILES string of the molecule is C[C@H]1CCc2c(sc3nc([C@H](C)[NH2+]CCc4ccco4)[nH]c(=O)c23)C1. The van der Waals surface area contributed by atoms with E-state index < -0.39 is 0 Å². The number of aromatic amines is 1. The number of nitrogens with zero attached hydrogens (tertiary/aromatic N) is 1. The highest BCUT2D eigenvalue weighted by Crippen LogP contribution is 2.35. The molecule has 6 heteroatoms. The maximum Gasteiger partial charge on any atom is 0.260 e. The van der Waals surface area contributed by atoms with Gasteiger partial charge in [0.15, 0.2) is 5.82 Å². The molecular formula is C19H24N3O2S+. The van der Waals surface area contributed by atoms with Crippen LogP contribution in [-0.4, -0.2) is 16.5 Å². The second kappa shape index (κ2) is 6.77. The number of aryl methyl sites for hydroxylation is 1. The van der Waals surface area contributed by atoms with Crippen LogP contribution in [0.4, 0.5) is 0 Å². The summed E-state index contributed by atoms with van der Waals surface area (Å²) in [6.45, 7) is 5.27. The van der Waals surface area contributed by atoms with Crippen molar-refractivity contribution in [1.82, 2.24) is 9.97 Å². The molecule has 5 nitrogen and oxygen atoms in total. The minimum Gasteiger partial charge on any atom is -0.469 e. The lowest BCUT2D eigenvalue weighted by Gasteiger charge is -2.17. The molecule has 3 aromatic heterocycles. The molecule has 0 unspecified atom stereocenters. The van der Waals surface area contributed by atoms with Gasteiger partial charge in [-0.3, -0.25) is 4.79 Å². The lowest BCUT2D eigenvalue weighted by atomic mass is 9.89. The summed E-state index contributed by atoms with van der Waals surface area (Å²) in [6, 6.07) is 4.01. The molecule has 0 radical (unpaired) electrons. The van der Waals surface area contributed by atoms with Crippen LogP contribution in [0.25, 0.3) is 10.2 Å². The highest BCUT2D eigenvalue weighted by Gasteiger charge is 2.24. The van der Waals surface area contributed by atoms with Crippen molar-refractivity contribution in [2.45, 2.75) is 45.6 Å². The van der Waals surface area contributed by atoms with E-state index >= 15 is 0 Å². The third-order valence-electron chi connectivity index (χ3n) is 5.11. The van der Waals surface area contributed by atoms with Gasteiger partial charge in [-0.2, -0.15) is 0 Å². The number of quaternary nitrogens is 1. The molecule has 3 N–H and O–H groups in total. The smallest absolute Gasteiger partial charge is 0.260 e. The number of thiophene rings is 1. The third-order valence-corrected chi connectivity index (χ3v) is 6.25. The average molecular weight is 358 g/mol. The quantitative estimate of drug-likeness (QED) is 0.736. The van der Waals surface area contributed by atoms with E-state index in [2.05, 4.69) is 24.1 Å². The van der Waals surface area contributed by atoms with E-state index in [1.807, 2.05) is 12.1 Å². The first-order chi connectivity index (χ1) is 12.1. The predicted octanol–water partition coefficient (Wildman–Crippen LogP) is 2.57. The molecule has 1 aliphatic carbocycles. The van der Waals surface area contributed by atoms with E-state index in [9.17, 15) is 4.79 Å². The Bertz CT molecular complexity index is 926. The molecular weight excluding hydrogens is 334 g/mol. The van der Waals surface area contributed by atoms with Gasteiger partial charge < -0.3 is 14.7 Å². The van der Waals surface area contributed by atoms with E-state index in [0.717, 1.165) is 54.0 Å². The summed E-state index contributed by atoms with van der Waals surface area (Å²) in [5.41, 5.74) is 1.27. The number of rotatable bonds is 5. The standard InChI is InChI=1S/C19H23N3O2S/c1-11-5-6-14-15(10-11)25-19-16(14)18(23)21-17(22-19)12(2)20-8-7-13-4-3-9-24-13/h3-4,9,11-12,20H,5-8,10H2,1-2H3,(H,21,22,23)/p+1/t11-,12-/m0/s1. The molecule has 0 aromatic carbocycles. The van der Waals surface area contributed by atoms with Crippen molar-refractivity contribution in [2.24, 2.45) is 5.92 Å². The van der Waals surface area contributed by atoms with Gasteiger partial charge in [0.05, 0.1) is 24.6 Å². The Morgan fingerprint density at radius 2 is 2.40 bits per heavy atom. The second-order valence-electron chi connectivity index (χ2n) is 7.13. The summed E-state index contributed by atoms with van der Waals surface area (Å²) in [5.74, 6) is 2.46. The molecule has 0 bridgehead atoms. The first kappa shape index (κ1) is 16.5. The molecule has 0 amide bonds. The zero-order valence-corrected chi connectivity index (χ0v) is 15.5. The van der Waals surface area contributed by atoms with Crippen LogP contribution in [0.2, 0.25) is 0 Å². The minimum absolute atomic E-state index is 0.0262. The summed E-state index contributed by atoms with van der Waals surface area (Å²) >= 11 is 1.71. The van der Waals surface area contributed by atoms with Crippen LogP contribution in [0.3, 0.4) is 0 Å². The molecule has 0 saturated heterocycles. The maximum atomic E-state index is 12.7. The first-order valence-corrected chi connectivity index (χ1v) is 9.83. The monoisotopic (exact) mass is 358 g/mol. The Morgan fingerprint density at radius 1 is 1.52 bits per heavy atom. The Hall–Kier alpha value is -1.92. The summed E-state index contributed by atoms with van der Waals surface area (Å²) in [6.07, 6.45) is 5.82. The molecule has 25 heavy (non-hydrogen) atoms. The highest BCUT2D eigenvalue weighted by atomic mass is 32.1. The molecule has 1 aliphatic rings. The fraction of sp³-hybridized carbons (Fsp3) is 0.474. The van der Waals surface area contributed by atoms with Crippen molar-refractivity contribution in [3.63, 3.8) is 0 Å². The van der Waals surface area contributed by atoms with Crippen molar-refractivity contribution in [3.8, 4) is 0 Å². The molecule has 0 saturated carbocycles. The van der Waals surface area contributed by atoms with Gasteiger partial charge in [0.2, 0.25) is 0 Å². The number of furan rings is 1. The lowest BCUT2D eigenvalue weighted by molar-refractivity contribution is -0.693. The third kappa shape index (κ3) is 3.28. The van der Waals surface area contributed by atoms with E-state index in [1.165, 1.54) is 10.4 Å². The van der Waals surface area contributed by atoms with Gasteiger partial charge in [-0.15, -0.1) is 11.3 Å². The summed E-state index contributed by atoms with van der Waals surface area (Å²) in [4.78, 5) is 22.7. The molecule has 3 aromatic rings. The Morgan fingerprint density at radius 3 is 3.20 bits per heavy atom. The molecule has 0 spiro atoms. The van der Waals surface area contributed by atoms with E-state index in [4.69, 9.17) is 9.40 Å². The molecule has 132 valence electrons. The maximum absolute atomic E-state index is 12.7. The van der Waals surface area contributed by atoms with E-state index in [1.54, 1.807) is 17.6 Å². The first-order valence-electron chi connectivity index (χ1n) is 9.02. The van der Waals surface area contributed by atoms with Crippen LogP contribution in [-0.2, 0) is 19.3 Å². The van der Waals surface area contributed by atoms with Gasteiger partial charge in [0.1, 0.15) is 16.6 Å². The van der Waals surface area contributed by atoms with Crippen LogP contribution in [0, 0.1) is 5.92 Å². The molecule has 0 fully saturated rings. The van der Waals surface area contributed by atoms with Gasteiger partial charge >= 0.3 is 0 Å². The van der Waals surface area contributed by atoms with Gasteiger partial charge in [-0.1, -0.05) is 6.92 Å². The minimum atomic E-state index is 0.0262. The van der Waals surface area contributed by atoms with Crippen molar-refractivity contribution in [3.05, 3.63) is 50.8 Å². The van der Waals surface area contributed by atoms with Crippen LogP contribution in [0.1, 0.15) is 48.3 Å². The number of hydrogen-bond donors (Lipinski definition) is 2. The summed E-state index contributed by atoms with van der Waals surface area (Å²) in [5, 5.41) is 3.03. The number of H-pyrrole nitrogens is 1. The predicted molar refractivity (Wildman–Crippen MR) is 99.0 cm³/mol. The number of nitrogens with one attached hydrogen (secondary N) is 1. The Labute approximate surface area is 150 Å². The molecule has 2 atom stereocenters. The van der Waals surface area contributed by atoms with Gasteiger partial charge in [0.25, 0.3) is 5.56 Å². The zero-order valence-electron chi connectivity index (χ0n) is 14.7. The van der Waals surface area contributed by atoms with Crippen LogP contribution in [0.15, 0.2) is 27.6 Å². The largest absolute Gasteiger partial charge is 0.469 e. The van der Waals surface area contributed by atoms with Crippen molar-refractivity contribution in [2.75, 3.05) is 6.54 Å². The van der Waals surface area contributed by atoms with Crippen LogP contribution >= 0.6 is 11.3 Å². The van der Waals surface area contributed by atoms with Gasteiger partial charge in [-0.05, 0) is 49.8 Å². The Balaban J connectivity index is 1.55. The summed E-state index contributed by atoms with van der Waals surface area (Å²) in [7, 11) is 0. The molecule has 0 aliphatic heterocycles. The average Bonchev–Trinajstić information content (AvgIpc) is 3.21. The van der Waals surface area contributed by atoms with E-state index in [0.29, 0.717) is 5.92 Å². The fourth-order valence-electron chi connectivity index (χ4n) is 3.62. The number of hydrogen-bond acceptors (Lipinski definition) is 4. The summed E-state index contributed by atoms with van der Waals surface area (Å²) < 4.78 is 5.36. The fourth-order valence-corrected chi connectivity index (χ4v) is 5.01. The second-order valence-corrected chi connectivity index (χ2v) is 8.21. The number of fused-ring (bicyclic) bond motifs is 3. The topological polar surface area (TPSA) is 75.5 Å². The Kier molecular flexibility index (Phi) is 4.48. The normalized spacial score (nSPS) is 18.4.